The Morgan fingerprint density at radius 1 is 1.07 bits per heavy atom. The van der Waals surface area contributed by atoms with E-state index in [1.165, 1.54) is 0 Å². The number of benzene rings is 1. The summed E-state index contributed by atoms with van der Waals surface area (Å²) in [5.41, 5.74) is 9.37. The van der Waals surface area contributed by atoms with Crippen molar-refractivity contribution in [1.29, 1.82) is 0 Å². The monoisotopic (exact) mass is 389 g/mol. The number of hydrogen-bond donors (Lipinski definition) is 2. The van der Waals surface area contributed by atoms with E-state index >= 15 is 0 Å². The Kier molecular flexibility index (Phi) is 6.24. The van der Waals surface area contributed by atoms with Gasteiger partial charge in [-0.3, -0.25) is 9.78 Å². The van der Waals surface area contributed by atoms with Crippen LogP contribution in [-0.4, -0.2) is 23.5 Å². The molecule has 29 heavy (non-hydrogen) atoms. The highest BCUT2D eigenvalue weighted by Gasteiger charge is 2.36. The van der Waals surface area contributed by atoms with Gasteiger partial charge >= 0.3 is 5.97 Å². The number of dihydropyridines is 1. The topological polar surface area (TPSA) is 94.3 Å². The van der Waals surface area contributed by atoms with E-state index < -0.39 is 17.8 Å². The normalized spacial score (nSPS) is 16.7. The van der Waals surface area contributed by atoms with E-state index in [1.54, 1.807) is 44.4 Å². The SMILES string of the molecule is CC1=C(C(N)=O)C(c2ccncc2)C(C(=O)OC/C=C/c2ccccc2)=C(C)N1. The van der Waals surface area contributed by atoms with E-state index in [1.807, 2.05) is 36.4 Å². The van der Waals surface area contributed by atoms with E-state index in [0.717, 1.165) is 11.1 Å². The van der Waals surface area contributed by atoms with Crippen LogP contribution in [0.15, 0.2) is 83.5 Å². The average Bonchev–Trinajstić information content (AvgIpc) is 2.71. The molecule has 0 aliphatic carbocycles. The van der Waals surface area contributed by atoms with Gasteiger partial charge in [0, 0.05) is 29.4 Å². The zero-order valence-corrected chi connectivity index (χ0v) is 16.4. The number of carbonyl (C=O) groups excluding carboxylic acids is 2. The fraction of sp³-hybridized carbons (Fsp3) is 0.174. The number of esters is 1. The molecule has 1 aliphatic heterocycles. The van der Waals surface area contributed by atoms with E-state index in [4.69, 9.17) is 10.5 Å². The molecular formula is C23H23N3O3. The lowest BCUT2D eigenvalue weighted by Gasteiger charge is -2.30. The van der Waals surface area contributed by atoms with Crippen molar-refractivity contribution in [2.45, 2.75) is 19.8 Å². The second kappa shape index (κ2) is 9.01. The number of nitrogens with zero attached hydrogens (tertiary/aromatic N) is 1. The van der Waals surface area contributed by atoms with Crippen LogP contribution < -0.4 is 11.1 Å². The summed E-state index contributed by atoms with van der Waals surface area (Å²) in [4.78, 5) is 29.1. The van der Waals surface area contributed by atoms with E-state index in [-0.39, 0.29) is 6.61 Å². The molecule has 0 bridgehead atoms. The number of aromatic nitrogens is 1. The quantitative estimate of drug-likeness (QED) is 0.741. The zero-order chi connectivity index (χ0) is 20.8. The molecule has 3 N–H and O–H groups in total. The second-order valence-corrected chi connectivity index (χ2v) is 6.69. The maximum Gasteiger partial charge on any atom is 0.337 e. The van der Waals surface area contributed by atoms with Crippen molar-refractivity contribution < 1.29 is 14.3 Å². The molecule has 1 atom stereocenters. The van der Waals surface area contributed by atoms with Gasteiger partial charge in [-0.05, 0) is 43.2 Å². The van der Waals surface area contributed by atoms with Crippen LogP contribution in [0.4, 0.5) is 0 Å². The summed E-state index contributed by atoms with van der Waals surface area (Å²) in [6, 6.07) is 13.3. The van der Waals surface area contributed by atoms with Gasteiger partial charge in [0.25, 0.3) is 0 Å². The number of amides is 1. The highest BCUT2D eigenvalue weighted by atomic mass is 16.5. The molecule has 0 radical (unpaired) electrons. The third kappa shape index (κ3) is 4.60. The number of ether oxygens (including phenoxy) is 1. The summed E-state index contributed by atoms with van der Waals surface area (Å²) < 4.78 is 5.47. The minimum absolute atomic E-state index is 0.113. The molecule has 1 unspecified atom stereocenters. The minimum Gasteiger partial charge on any atom is -0.458 e. The van der Waals surface area contributed by atoms with Gasteiger partial charge in [-0.15, -0.1) is 0 Å². The van der Waals surface area contributed by atoms with Crippen LogP contribution in [-0.2, 0) is 14.3 Å². The molecule has 3 rings (SSSR count). The number of rotatable bonds is 6. The molecule has 0 saturated carbocycles. The Bertz CT molecular complexity index is 993. The van der Waals surface area contributed by atoms with Gasteiger partial charge in [0.05, 0.1) is 11.5 Å². The largest absolute Gasteiger partial charge is 0.458 e. The third-order valence-electron chi connectivity index (χ3n) is 4.71. The first-order valence-electron chi connectivity index (χ1n) is 9.26. The first kappa shape index (κ1) is 20.1. The van der Waals surface area contributed by atoms with Crippen LogP contribution in [0.5, 0.6) is 0 Å². The first-order valence-corrected chi connectivity index (χ1v) is 9.26. The van der Waals surface area contributed by atoms with E-state index in [2.05, 4.69) is 10.3 Å². The summed E-state index contributed by atoms with van der Waals surface area (Å²) >= 11 is 0. The summed E-state index contributed by atoms with van der Waals surface area (Å²) in [6.07, 6.45) is 6.89. The van der Waals surface area contributed by atoms with Gasteiger partial charge in [-0.1, -0.05) is 36.4 Å². The van der Waals surface area contributed by atoms with Crippen molar-refractivity contribution in [2.75, 3.05) is 6.61 Å². The van der Waals surface area contributed by atoms with Gasteiger partial charge in [-0.25, -0.2) is 4.79 Å². The molecular weight excluding hydrogens is 366 g/mol. The Hall–Kier alpha value is -3.67. The maximum atomic E-state index is 12.9. The van der Waals surface area contributed by atoms with Crippen LogP contribution >= 0.6 is 0 Å². The lowest BCUT2D eigenvalue weighted by atomic mass is 9.80. The molecule has 1 aromatic heterocycles. The fourth-order valence-electron chi connectivity index (χ4n) is 3.43. The van der Waals surface area contributed by atoms with Crippen molar-refractivity contribution in [3.05, 3.63) is 94.6 Å². The number of primary amides is 1. The predicted molar refractivity (Wildman–Crippen MR) is 111 cm³/mol. The zero-order valence-electron chi connectivity index (χ0n) is 16.4. The minimum atomic E-state index is -0.609. The van der Waals surface area contributed by atoms with Crippen LogP contribution in [0, 0.1) is 0 Å². The van der Waals surface area contributed by atoms with Gasteiger partial charge in [0.1, 0.15) is 6.61 Å². The molecule has 1 amide bonds. The van der Waals surface area contributed by atoms with Crippen molar-refractivity contribution in [3.8, 4) is 0 Å². The lowest BCUT2D eigenvalue weighted by Crippen LogP contribution is -2.34. The molecule has 2 heterocycles. The first-order chi connectivity index (χ1) is 14.0. The van der Waals surface area contributed by atoms with Gasteiger partial charge in [0.2, 0.25) is 5.91 Å². The predicted octanol–water partition coefficient (Wildman–Crippen LogP) is 3.06. The number of hydrogen-bond acceptors (Lipinski definition) is 5. The number of allylic oxidation sites excluding steroid dienone is 2. The highest BCUT2D eigenvalue weighted by molar-refractivity contribution is 6.01. The number of nitrogens with one attached hydrogen (secondary N) is 1. The lowest BCUT2D eigenvalue weighted by molar-refractivity contribution is -0.138. The molecule has 2 aromatic rings. The molecule has 0 saturated heterocycles. The van der Waals surface area contributed by atoms with Crippen molar-refractivity contribution >= 4 is 18.0 Å². The van der Waals surface area contributed by atoms with Crippen LogP contribution in [0.3, 0.4) is 0 Å². The van der Waals surface area contributed by atoms with E-state index in [9.17, 15) is 9.59 Å². The average molecular weight is 389 g/mol. The second-order valence-electron chi connectivity index (χ2n) is 6.69. The van der Waals surface area contributed by atoms with Gasteiger partial charge in [-0.2, -0.15) is 0 Å². The Labute approximate surface area is 169 Å². The summed E-state index contributed by atoms with van der Waals surface area (Å²) in [5.74, 6) is -1.69. The molecule has 6 nitrogen and oxygen atoms in total. The standard InChI is InChI=1S/C23H23N3O3/c1-15-19(22(24)27)21(18-10-12-25-13-11-18)20(16(2)26-15)23(28)29-14-6-9-17-7-4-3-5-8-17/h3-13,21,26H,14H2,1-2H3,(H2,24,27)/b9-6+. The van der Waals surface area contributed by atoms with Crippen molar-refractivity contribution in [2.24, 2.45) is 5.73 Å². The molecule has 0 fully saturated rings. The van der Waals surface area contributed by atoms with Crippen LogP contribution in [0.1, 0.15) is 30.9 Å². The Morgan fingerprint density at radius 2 is 1.72 bits per heavy atom. The highest BCUT2D eigenvalue weighted by Crippen LogP contribution is 2.38. The smallest absolute Gasteiger partial charge is 0.337 e. The number of nitrogens with two attached hydrogens (primary N) is 1. The van der Waals surface area contributed by atoms with Crippen LogP contribution in [0.25, 0.3) is 6.08 Å². The number of pyridine rings is 1. The molecule has 148 valence electrons. The molecule has 1 aromatic carbocycles. The van der Waals surface area contributed by atoms with Gasteiger partial charge < -0.3 is 15.8 Å². The maximum absolute atomic E-state index is 12.9. The van der Waals surface area contributed by atoms with E-state index in [0.29, 0.717) is 22.5 Å². The fourth-order valence-corrected chi connectivity index (χ4v) is 3.43. The molecule has 6 heteroatoms. The summed E-state index contributed by atoms with van der Waals surface area (Å²) in [7, 11) is 0. The molecule has 0 spiro atoms. The summed E-state index contributed by atoms with van der Waals surface area (Å²) in [5, 5.41) is 3.08. The molecule has 1 aliphatic rings. The Balaban J connectivity index is 1.85. The summed E-state index contributed by atoms with van der Waals surface area (Å²) in [6.45, 7) is 3.66. The number of carbonyl (C=O) groups is 2. The van der Waals surface area contributed by atoms with Crippen molar-refractivity contribution in [1.82, 2.24) is 10.3 Å². The van der Waals surface area contributed by atoms with Gasteiger partial charge in [0.15, 0.2) is 0 Å². The Morgan fingerprint density at radius 3 is 2.38 bits per heavy atom. The third-order valence-corrected chi connectivity index (χ3v) is 4.71. The van der Waals surface area contributed by atoms with Crippen LogP contribution in [0.2, 0.25) is 0 Å². The van der Waals surface area contributed by atoms with Crippen molar-refractivity contribution in [3.63, 3.8) is 0 Å².